The summed E-state index contributed by atoms with van der Waals surface area (Å²) in [5, 5.41) is 9.03. The quantitative estimate of drug-likeness (QED) is 0.510. The Hall–Kier alpha value is -3.09. The minimum absolute atomic E-state index is 0.189. The summed E-state index contributed by atoms with van der Waals surface area (Å²) in [5.74, 6) is -0.396. The third-order valence-electron chi connectivity index (χ3n) is 5.51. The van der Waals surface area contributed by atoms with Gasteiger partial charge in [-0.05, 0) is 43.1 Å². The minimum Gasteiger partial charge on any atom is -0.342 e. The third-order valence-corrected chi connectivity index (χ3v) is 6.92. The third kappa shape index (κ3) is 5.39. The van der Waals surface area contributed by atoms with Crippen molar-refractivity contribution in [3.05, 3.63) is 96.1 Å². The van der Waals surface area contributed by atoms with Gasteiger partial charge >= 0.3 is 0 Å². The molecule has 3 atom stereocenters. The Bertz CT molecular complexity index is 1060. The molecule has 0 saturated heterocycles. The lowest BCUT2D eigenvalue weighted by Crippen LogP contribution is -2.52. The van der Waals surface area contributed by atoms with Crippen molar-refractivity contribution in [3.8, 4) is 0 Å². The van der Waals surface area contributed by atoms with Crippen LogP contribution in [-0.4, -0.2) is 30.4 Å². The van der Waals surface area contributed by atoms with E-state index >= 15 is 0 Å². The molecule has 0 fully saturated rings. The summed E-state index contributed by atoms with van der Waals surface area (Å²) in [7, 11) is 0. The SMILES string of the molecule is C[C@H](NCCc1ccccc1)C(=O)N[C@@H]1C(=O)Nc2ccccc2S[C@@H]1c1ccccc1. The fraction of sp³-hybridized carbons (Fsp3) is 0.231. The van der Waals surface area contributed by atoms with Crippen LogP contribution in [0.4, 0.5) is 5.69 Å². The number of nitrogens with one attached hydrogen (secondary N) is 3. The summed E-state index contributed by atoms with van der Waals surface area (Å²) in [6, 6.07) is 26.6. The van der Waals surface area contributed by atoms with Gasteiger partial charge in [-0.1, -0.05) is 72.8 Å². The zero-order valence-corrected chi connectivity index (χ0v) is 18.8. The number of anilines is 1. The van der Waals surface area contributed by atoms with E-state index in [-0.39, 0.29) is 17.1 Å². The summed E-state index contributed by atoms with van der Waals surface area (Å²) in [6.45, 7) is 2.51. The van der Waals surface area contributed by atoms with Crippen molar-refractivity contribution in [1.29, 1.82) is 0 Å². The lowest BCUT2D eigenvalue weighted by atomic mass is 10.0. The van der Waals surface area contributed by atoms with Gasteiger partial charge in [-0.3, -0.25) is 9.59 Å². The molecule has 6 heteroatoms. The molecule has 0 aliphatic carbocycles. The molecule has 1 heterocycles. The highest BCUT2D eigenvalue weighted by atomic mass is 32.2. The second kappa shape index (κ2) is 10.5. The van der Waals surface area contributed by atoms with E-state index in [1.54, 1.807) is 11.8 Å². The van der Waals surface area contributed by atoms with Crippen LogP contribution in [0.25, 0.3) is 0 Å². The smallest absolute Gasteiger partial charge is 0.248 e. The highest BCUT2D eigenvalue weighted by Gasteiger charge is 2.36. The van der Waals surface area contributed by atoms with Crippen LogP contribution in [-0.2, 0) is 16.0 Å². The van der Waals surface area contributed by atoms with Gasteiger partial charge in [0.2, 0.25) is 11.8 Å². The van der Waals surface area contributed by atoms with Crippen LogP contribution >= 0.6 is 11.8 Å². The Morgan fingerprint density at radius 1 is 0.969 bits per heavy atom. The first-order valence-corrected chi connectivity index (χ1v) is 11.7. The number of hydrogen-bond acceptors (Lipinski definition) is 4. The summed E-state index contributed by atoms with van der Waals surface area (Å²) in [5.41, 5.74) is 2.99. The lowest BCUT2D eigenvalue weighted by Gasteiger charge is -2.26. The number of thioether (sulfide) groups is 1. The van der Waals surface area contributed by atoms with Crippen molar-refractivity contribution in [1.82, 2.24) is 10.6 Å². The van der Waals surface area contributed by atoms with E-state index < -0.39 is 12.1 Å². The van der Waals surface area contributed by atoms with Crippen molar-refractivity contribution in [2.24, 2.45) is 0 Å². The highest BCUT2D eigenvalue weighted by molar-refractivity contribution is 7.99. The molecule has 4 rings (SSSR count). The molecule has 3 aromatic carbocycles. The number of rotatable bonds is 7. The van der Waals surface area contributed by atoms with Gasteiger partial charge < -0.3 is 16.0 Å². The molecule has 3 N–H and O–H groups in total. The Labute approximate surface area is 193 Å². The first kappa shape index (κ1) is 22.1. The topological polar surface area (TPSA) is 70.2 Å². The van der Waals surface area contributed by atoms with Crippen molar-refractivity contribution in [3.63, 3.8) is 0 Å². The number of benzene rings is 3. The number of amides is 2. The molecule has 164 valence electrons. The molecule has 1 aliphatic rings. The standard InChI is InChI=1S/C26H27N3O2S/c1-18(27-17-16-19-10-4-2-5-11-19)25(30)29-23-24(20-12-6-3-7-13-20)32-22-15-9-8-14-21(22)28-26(23)31/h2-15,18,23-24,27H,16-17H2,1H3,(H,28,31)(H,29,30)/t18-,23-,24+/m0/s1. The molecular formula is C26H27N3O2S. The summed E-state index contributed by atoms with van der Waals surface area (Å²) in [6.07, 6.45) is 0.834. The largest absolute Gasteiger partial charge is 0.342 e. The Kier molecular flexibility index (Phi) is 7.24. The van der Waals surface area contributed by atoms with Gasteiger partial charge in [0.05, 0.1) is 17.0 Å². The average molecular weight is 446 g/mol. The van der Waals surface area contributed by atoms with Gasteiger partial charge in [-0.2, -0.15) is 0 Å². The van der Waals surface area contributed by atoms with Crippen LogP contribution in [0.3, 0.4) is 0 Å². The lowest BCUT2D eigenvalue weighted by molar-refractivity contribution is -0.127. The summed E-state index contributed by atoms with van der Waals surface area (Å²) >= 11 is 1.59. The van der Waals surface area contributed by atoms with Crippen LogP contribution in [0.15, 0.2) is 89.8 Å². The number of carbonyl (C=O) groups is 2. The van der Waals surface area contributed by atoms with E-state index in [0.717, 1.165) is 22.6 Å². The van der Waals surface area contributed by atoms with Gasteiger partial charge in [-0.15, -0.1) is 11.8 Å². The van der Waals surface area contributed by atoms with E-state index in [4.69, 9.17) is 0 Å². The number of hydrogen-bond donors (Lipinski definition) is 3. The monoisotopic (exact) mass is 445 g/mol. The van der Waals surface area contributed by atoms with Crippen LogP contribution < -0.4 is 16.0 Å². The predicted molar refractivity (Wildman–Crippen MR) is 130 cm³/mol. The maximum atomic E-state index is 13.2. The molecular weight excluding hydrogens is 418 g/mol. The van der Waals surface area contributed by atoms with E-state index in [9.17, 15) is 9.59 Å². The Morgan fingerprint density at radius 2 is 1.62 bits per heavy atom. The van der Waals surface area contributed by atoms with Crippen LogP contribution in [0.2, 0.25) is 0 Å². The molecule has 0 radical (unpaired) electrons. The summed E-state index contributed by atoms with van der Waals surface area (Å²) in [4.78, 5) is 27.1. The van der Waals surface area contributed by atoms with Gasteiger partial charge in [0, 0.05) is 4.90 Å². The number of para-hydroxylation sites is 1. The second-order valence-electron chi connectivity index (χ2n) is 7.83. The molecule has 5 nitrogen and oxygen atoms in total. The minimum atomic E-state index is -0.694. The maximum Gasteiger partial charge on any atom is 0.248 e. The summed E-state index contributed by atoms with van der Waals surface area (Å²) < 4.78 is 0. The van der Waals surface area contributed by atoms with E-state index in [2.05, 4.69) is 28.1 Å². The van der Waals surface area contributed by atoms with Crippen molar-refractivity contribution < 1.29 is 9.59 Å². The highest BCUT2D eigenvalue weighted by Crippen LogP contribution is 2.43. The van der Waals surface area contributed by atoms with Crippen LogP contribution in [0.1, 0.15) is 23.3 Å². The van der Waals surface area contributed by atoms with E-state index in [0.29, 0.717) is 6.54 Å². The zero-order chi connectivity index (χ0) is 22.3. The average Bonchev–Trinajstić information content (AvgIpc) is 2.96. The number of carbonyl (C=O) groups excluding carboxylic acids is 2. The molecule has 32 heavy (non-hydrogen) atoms. The van der Waals surface area contributed by atoms with Crippen molar-refractivity contribution >= 4 is 29.3 Å². The van der Waals surface area contributed by atoms with Crippen LogP contribution in [0.5, 0.6) is 0 Å². The molecule has 0 unspecified atom stereocenters. The molecule has 0 aromatic heterocycles. The molecule has 0 bridgehead atoms. The van der Waals surface area contributed by atoms with Gasteiger partial charge in [0.1, 0.15) is 6.04 Å². The Balaban J connectivity index is 1.47. The first-order valence-electron chi connectivity index (χ1n) is 10.8. The predicted octanol–water partition coefficient (Wildman–Crippen LogP) is 4.18. The maximum absolute atomic E-state index is 13.2. The molecule has 0 spiro atoms. The molecule has 0 saturated carbocycles. The first-order chi connectivity index (χ1) is 15.6. The second-order valence-corrected chi connectivity index (χ2v) is 9.02. The van der Waals surface area contributed by atoms with E-state index in [1.165, 1.54) is 5.56 Å². The normalized spacial score (nSPS) is 18.7. The van der Waals surface area contributed by atoms with Gasteiger partial charge in [-0.25, -0.2) is 0 Å². The Morgan fingerprint density at radius 3 is 2.38 bits per heavy atom. The molecule has 2 amide bonds. The molecule has 3 aromatic rings. The number of fused-ring (bicyclic) bond motifs is 1. The van der Waals surface area contributed by atoms with E-state index in [1.807, 2.05) is 79.7 Å². The van der Waals surface area contributed by atoms with Gasteiger partial charge in [0.25, 0.3) is 0 Å². The molecule has 1 aliphatic heterocycles. The van der Waals surface area contributed by atoms with Crippen molar-refractivity contribution in [2.75, 3.05) is 11.9 Å². The van der Waals surface area contributed by atoms with Crippen molar-refractivity contribution in [2.45, 2.75) is 35.6 Å². The zero-order valence-electron chi connectivity index (χ0n) is 18.0. The van der Waals surface area contributed by atoms with Crippen LogP contribution in [0, 0.1) is 0 Å². The fourth-order valence-electron chi connectivity index (χ4n) is 3.72. The fourth-order valence-corrected chi connectivity index (χ4v) is 5.02. The van der Waals surface area contributed by atoms with Gasteiger partial charge in [0.15, 0.2) is 0 Å².